The lowest BCUT2D eigenvalue weighted by molar-refractivity contribution is -0.159. The summed E-state index contributed by atoms with van der Waals surface area (Å²) in [5.74, 6) is -1.35. The highest BCUT2D eigenvalue weighted by Crippen LogP contribution is 1.99. The van der Waals surface area contributed by atoms with E-state index in [-0.39, 0.29) is 25.0 Å². The standard InChI is InChI=1S/C26H36O4/c1-3-4-5-6-7-8-9-10-11-12-13-14-15-16-17-18-19-20-21-25(28)30-26(29)23-22-24(2)27/h4-5,7-8,10-11,13-14,16-17,19-20H,3,6,9,12,15,18,21-23H2,1-2H3/b5-4-,8-7-,11-10-,14-13-,17-16-,20-19-. The minimum absolute atomic E-state index is 0.0508. The van der Waals surface area contributed by atoms with Gasteiger partial charge in [-0.05, 0) is 45.4 Å². The van der Waals surface area contributed by atoms with Crippen LogP contribution >= 0.6 is 0 Å². The molecule has 0 aliphatic rings. The summed E-state index contributed by atoms with van der Waals surface area (Å²) >= 11 is 0. The molecule has 0 atom stereocenters. The van der Waals surface area contributed by atoms with E-state index < -0.39 is 11.9 Å². The number of allylic oxidation sites excluding steroid dienone is 11. The molecule has 0 aliphatic heterocycles. The number of Topliss-reactive ketones (excluding diaryl/α,β-unsaturated/α-hetero) is 1. The monoisotopic (exact) mass is 412 g/mol. The average molecular weight is 413 g/mol. The van der Waals surface area contributed by atoms with Crippen LogP contribution in [0.2, 0.25) is 0 Å². The second-order valence-corrected chi connectivity index (χ2v) is 6.67. The van der Waals surface area contributed by atoms with E-state index in [1.54, 1.807) is 6.08 Å². The number of carbonyl (C=O) groups is 3. The SMILES string of the molecule is CC/C=C\C/C=C\C/C=C\C/C=C\C/C=C\C/C=C\CC(=O)OC(=O)CCC(C)=O. The third-order valence-electron chi connectivity index (χ3n) is 3.79. The Bertz CT molecular complexity index is 661. The van der Waals surface area contributed by atoms with Gasteiger partial charge in [-0.3, -0.25) is 9.59 Å². The van der Waals surface area contributed by atoms with Gasteiger partial charge in [0.2, 0.25) is 0 Å². The molecule has 0 spiro atoms. The molecule has 0 unspecified atom stereocenters. The Hall–Kier alpha value is -2.75. The van der Waals surface area contributed by atoms with Crippen molar-refractivity contribution in [1.29, 1.82) is 0 Å². The molecule has 0 aromatic rings. The zero-order chi connectivity index (χ0) is 22.3. The van der Waals surface area contributed by atoms with E-state index in [0.717, 1.165) is 38.5 Å². The predicted molar refractivity (Wildman–Crippen MR) is 124 cm³/mol. The molecule has 164 valence electrons. The van der Waals surface area contributed by atoms with Gasteiger partial charge in [0.05, 0.1) is 12.8 Å². The molecule has 0 heterocycles. The Kier molecular flexibility index (Phi) is 19.0. The number of ketones is 1. The molecule has 0 saturated carbocycles. The van der Waals surface area contributed by atoms with E-state index >= 15 is 0 Å². The molecule has 0 aromatic heterocycles. The Morgan fingerprint density at radius 3 is 1.37 bits per heavy atom. The quantitative estimate of drug-likeness (QED) is 0.165. The summed E-state index contributed by atoms with van der Waals surface area (Å²) in [4.78, 5) is 33.5. The largest absolute Gasteiger partial charge is 0.393 e. The van der Waals surface area contributed by atoms with Gasteiger partial charge in [0.15, 0.2) is 0 Å². The summed E-state index contributed by atoms with van der Waals surface area (Å²) in [5, 5.41) is 0. The van der Waals surface area contributed by atoms with Crippen LogP contribution in [0.5, 0.6) is 0 Å². The summed E-state index contributed by atoms with van der Waals surface area (Å²) in [6, 6.07) is 0. The summed E-state index contributed by atoms with van der Waals surface area (Å²) < 4.78 is 4.61. The van der Waals surface area contributed by atoms with E-state index in [1.807, 2.05) is 12.2 Å². The topological polar surface area (TPSA) is 60.4 Å². The summed E-state index contributed by atoms with van der Waals surface area (Å²) in [6.45, 7) is 3.53. The molecular formula is C26H36O4. The van der Waals surface area contributed by atoms with Gasteiger partial charge in [-0.1, -0.05) is 79.8 Å². The van der Waals surface area contributed by atoms with Crippen LogP contribution in [0.25, 0.3) is 0 Å². The average Bonchev–Trinajstić information content (AvgIpc) is 2.71. The number of carbonyl (C=O) groups excluding carboxylic acids is 3. The molecular weight excluding hydrogens is 376 g/mol. The van der Waals surface area contributed by atoms with Crippen molar-refractivity contribution in [2.75, 3.05) is 0 Å². The molecule has 0 N–H and O–H groups in total. The Morgan fingerprint density at radius 1 is 0.567 bits per heavy atom. The van der Waals surface area contributed by atoms with E-state index in [9.17, 15) is 14.4 Å². The second-order valence-electron chi connectivity index (χ2n) is 6.67. The smallest absolute Gasteiger partial charge is 0.317 e. The van der Waals surface area contributed by atoms with Crippen LogP contribution in [0.4, 0.5) is 0 Å². The molecule has 0 bridgehead atoms. The van der Waals surface area contributed by atoms with Crippen molar-refractivity contribution in [3.8, 4) is 0 Å². The predicted octanol–water partition coefficient (Wildman–Crippen LogP) is 6.51. The van der Waals surface area contributed by atoms with E-state index in [4.69, 9.17) is 0 Å². The summed E-state index contributed by atoms with van der Waals surface area (Å²) in [5.41, 5.74) is 0. The van der Waals surface area contributed by atoms with Crippen LogP contribution in [-0.4, -0.2) is 17.7 Å². The van der Waals surface area contributed by atoms with Gasteiger partial charge in [-0.2, -0.15) is 0 Å². The number of ether oxygens (including phenoxy) is 1. The highest BCUT2D eigenvalue weighted by atomic mass is 16.6. The van der Waals surface area contributed by atoms with Crippen molar-refractivity contribution >= 4 is 17.7 Å². The molecule has 4 heteroatoms. The van der Waals surface area contributed by atoms with Crippen molar-refractivity contribution in [1.82, 2.24) is 0 Å². The third kappa shape index (κ3) is 21.5. The first-order chi connectivity index (χ1) is 14.6. The minimum Gasteiger partial charge on any atom is -0.393 e. The lowest BCUT2D eigenvalue weighted by atomic mass is 10.2. The fraction of sp³-hybridized carbons (Fsp3) is 0.423. The second kappa shape index (κ2) is 21.0. The maximum atomic E-state index is 11.5. The molecule has 0 aliphatic carbocycles. The van der Waals surface area contributed by atoms with Gasteiger partial charge in [-0.25, -0.2) is 0 Å². The Balaban J connectivity index is 3.70. The molecule has 30 heavy (non-hydrogen) atoms. The number of hydrogen-bond donors (Lipinski definition) is 0. The Labute approximate surface area is 181 Å². The molecule has 0 fully saturated rings. The van der Waals surface area contributed by atoms with E-state index in [0.29, 0.717) is 0 Å². The van der Waals surface area contributed by atoms with Crippen LogP contribution in [-0.2, 0) is 19.1 Å². The Morgan fingerprint density at radius 2 is 0.967 bits per heavy atom. The van der Waals surface area contributed by atoms with Crippen molar-refractivity contribution in [2.45, 2.75) is 71.6 Å². The highest BCUT2D eigenvalue weighted by molar-refractivity contribution is 5.88. The number of rotatable bonds is 16. The third-order valence-corrected chi connectivity index (χ3v) is 3.79. The fourth-order valence-corrected chi connectivity index (χ4v) is 2.20. The molecule has 0 radical (unpaired) electrons. The first kappa shape index (κ1) is 27.2. The van der Waals surface area contributed by atoms with Crippen molar-refractivity contribution in [3.05, 3.63) is 72.9 Å². The van der Waals surface area contributed by atoms with Gasteiger partial charge < -0.3 is 9.53 Å². The van der Waals surface area contributed by atoms with Gasteiger partial charge in [0.1, 0.15) is 5.78 Å². The van der Waals surface area contributed by atoms with E-state index in [1.165, 1.54) is 6.92 Å². The van der Waals surface area contributed by atoms with Crippen molar-refractivity contribution < 1.29 is 19.1 Å². The van der Waals surface area contributed by atoms with Crippen LogP contribution in [0.15, 0.2) is 72.9 Å². The van der Waals surface area contributed by atoms with Gasteiger partial charge in [0, 0.05) is 6.42 Å². The van der Waals surface area contributed by atoms with Gasteiger partial charge >= 0.3 is 11.9 Å². The van der Waals surface area contributed by atoms with E-state index in [2.05, 4.69) is 66.3 Å². The van der Waals surface area contributed by atoms with Crippen LogP contribution < -0.4 is 0 Å². The fourth-order valence-electron chi connectivity index (χ4n) is 2.20. The lowest BCUT2D eigenvalue weighted by Crippen LogP contribution is -2.12. The lowest BCUT2D eigenvalue weighted by Gasteiger charge is -1.99. The van der Waals surface area contributed by atoms with Crippen LogP contribution in [0.3, 0.4) is 0 Å². The maximum absolute atomic E-state index is 11.5. The van der Waals surface area contributed by atoms with Crippen LogP contribution in [0.1, 0.15) is 71.6 Å². The number of esters is 2. The first-order valence-electron chi connectivity index (χ1n) is 10.7. The number of hydrogen-bond acceptors (Lipinski definition) is 4. The highest BCUT2D eigenvalue weighted by Gasteiger charge is 2.09. The summed E-state index contributed by atoms with van der Waals surface area (Å²) in [6.07, 6.45) is 30.7. The summed E-state index contributed by atoms with van der Waals surface area (Å²) in [7, 11) is 0. The normalized spacial score (nSPS) is 12.5. The zero-order valence-corrected chi connectivity index (χ0v) is 18.4. The van der Waals surface area contributed by atoms with Gasteiger partial charge in [-0.15, -0.1) is 0 Å². The zero-order valence-electron chi connectivity index (χ0n) is 18.4. The first-order valence-corrected chi connectivity index (χ1v) is 10.7. The minimum atomic E-state index is -0.651. The molecule has 0 saturated heterocycles. The molecule has 0 amide bonds. The molecule has 0 aromatic carbocycles. The van der Waals surface area contributed by atoms with Crippen molar-refractivity contribution in [2.24, 2.45) is 0 Å². The molecule has 4 nitrogen and oxygen atoms in total. The molecule has 0 rings (SSSR count). The maximum Gasteiger partial charge on any atom is 0.317 e. The van der Waals surface area contributed by atoms with Crippen molar-refractivity contribution in [3.63, 3.8) is 0 Å². The van der Waals surface area contributed by atoms with Crippen LogP contribution in [0, 0.1) is 0 Å². The van der Waals surface area contributed by atoms with Gasteiger partial charge in [0.25, 0.3) is 0 Å².